The summed E-state index contributed by atoms with van der Waals surface area (Å²) in [5.74, 6) is 0.500. The molecule has 2 heteroatoms. The van der Waals surface area contributed by atoms with Crippen LogP contribution in [-0.4, -0.2) is 29.8 Å². The standard InChI is InChI=1S/C23H47NO/c1-4-5-6-7-8-9-10-11-12-13-14-15-16-17-19-22-20-18-21-23(22,25)24(2)3/h22,25H,4-21H2,1-3H3/t22-,23-/m0/s1. The second-order valence-electron chi connectivity index (χ2n) is 8.75. The molecule has 1 aliphatic carbocycles. The van der Waals surface area contributed by atoms with Crippen molar-refractivity contribution in [3.05, 3.63) is 0 Å². The van der Waals surface area contributed by atoms with E-state index in [2.05, 4.69) is 11.8 Å². The van der Waals surface area contributed by atoms with Crippen LogP contribution in [0.4, 0.5) is 0 Å². The summed E-state index contributed by atoms with van der Waals surface area (Å²) in [5.41, 5.74) is -0.517. The molecule has 0 saturated heterocycles. The molecule has 1 fully saturated rings. The first kappa shape index (κ1) is 23.0. The molecule has 0 aromatic rings. The maximum absolute atomic E-state index is 10.8. The first-order valence-corrected chi connectivity index (χ1v) is 11.5. The number of hydrogen-bond acceptors (Lipinski definition) is 2. The highest BCUT2D eigenvalue weighted by Gasteiger charge is 2.42. The summed E-state index contributed by atoms with van der Waals surface area (Å²) in [6, 6.07) is 0. The van der Waals surface area contributed by atoms with E-state index in [0.717, 1.165) is 6.42 Å². The van der Waals surface area contributed by atoms with Gasteiger partial charge in [0.2, 0.25) is 0 Å². The van der Waals surface area contributed by atoms with Crippen molar-refractivity contribution in [2.75, 3.05) is 14.1 Å². The highest BCUT2D eigenvalue weighted by molar-refractivity contribution is 4.89. The van der Waals surface area contributed by atoms with E-state index in [9.17, 15) is 5.11 Å². The fourth-order valence-electron chi connectivity index (χ4n) is 4.59. The van der Waals surface area contributed by atoms with E-state index >= 15 is 0 Å². The van der Waals surface area contributed by atoms with Crippen LogP contribution in [0, 0.1) is 5.92 Å². The molecule has 2 atom stereocenters. The average Bonchev–Trinajstić information content (AvgIpc) is 2.97. The average molecular weight is 354 g/mol. The third-order valence-corrected chi connectivity index (χ3v) is 6.43. The molecule has 0 radical (unpaired) electrons. The van der Waals surface area contributed by atoms with Gasteiger partial charge in [0.15, 0.2) is 0 Å². The van der Waals surface area contributed by atoms with E-state index < -0.39 is 5.72 Å². The molecular formula is C23H47NO. The van der Waals surface area contributed by atoms with Gasteiger partial charge in [0.1, 0.15) is 5.72 Å². The van der Waals surface area contributed by atoms with Crippen LogP contribution >= 0.6 is 0 Å². The fraction of sp³-hybridized carbons (Fsp3) is 1.00. The summed E-state index contributed by atoms with van der Waals surface area (Å²) in [6.07, 6.45) is 24.4. The van der Waals surface area contributed by atoms with Crippen LogP contribution in [0.2, 0.25) is 0 Å². The summed E-state index contributed by atoms with van der Waals surface area (Å²) < 4.78 is 0. The Kier molecular flexibility index (Phi) is 12.9. The van der Waals surface area contributed by atoms with Gasteiger partial charge in [0, 0.05) is 5.92 Å². The van der Waals surface area contributed by atoms with Crippen molar-refractivity contribution < 1.29 is 5.11 Å². The highest BCUT2D eigenvalue weighted by atomic mass is 16.3. The van der Waals surface area contributed by atoms with Crippen LogP contribution < -0.4 is 0 Å². The van der Waals surface area contributed by atoms with Crippen LogP contribution in [0.3, 0.4) is 0 Å². The maximum Gasteiger partial charge on any atom is 0.120 e. The van der Waals surface area contributed by atoms with Gasteiger partial charge in [-0.15, -0.1) is 0 Å². The Labute approximate surface area is 158 Å². The summed E-state index contributed by atoms with van der Waals surface area (Å²) in [6.45, 7) is 2.29. The zero-order valence-electron chi connectivity index (χ0n) is 17.7. The molecule has 0 aromatic carbocycles. The summed E-state index contributed by atoms with van der Waals surface area (Å²) >= 11 is 0. The van der Waals surface area contributed by atoms with Gasteiger partial charge < -0.3 is 5.11 Å². The Morgan fingerprint density at radius 2 is 1.20 bits per heavy atom. The molecule has 1 N–H and O–H groups in total. The Morgan fingerprint density at radius 1 is 0.760 bits per heavy atom. The Balaban J connectivity index is 1.85. The molecule has 0 amide bonds. The van der Waals surface area contributed by atoms with Crippen LogP contribution in [0.15, 0.2) is 0 Å². The maximum atomic E-state index is 10.8. The molecular weight excluding hydrogens is 306 g/mol. The Morgan fingerprint density at radius 3 is 1.64 bits per heavy atom. The predicted octanol–water partition coefficient (Wildman–Crippen LogP) is 6.91. The van der Waals surface area contributed by atoms with Crippen LogP contribution in [0.5, 0.6) is 0 Å². The number of nitrogens with zero attached hydrogens (tertiary/aromatic N) is 1. The monoisotopic (exact) mass is 353 g/mol. The van der Waals surface area contributed by atoms with Gasteiger partial charge in [0.25, 0.3) is 0 Å². The molecule has 1 saturated carbocycles. The lowest BCUT2D eigenvalue weighted by molar-refractivity contribution is -0.113. The third-order valence-electron chi connectivity index (χ3n) is 6.43. The van der Waals surface area contributed by atoms with Crippen molar-refractivity contribution in [3.63, 3.8) is 0 Å². The van der Waals surface area contributed by atoms with Crippen molar-refractivity contribution in [1.82, 2.24) is 4.90 Å². The SMILES string of the molecule is CCCCCCCCCCCCCCCC[C@H]1CCC[C@@]1(O)N(C)C. The molecule has 0 aromatic heterocycles. The van der Waals surface area contributed by atoms with Crippen molar-refractivity contribution in [1.29, 1.82) is 0 Å². The summed E-state index contributed by atoms with van der Waals surface area (Å²) in [4.78, 5) is 2.05. The van der Waals surface area contributed by atoms with Crippen LogP contribution in [-0.2, 0) is 0 Å². The summed E-state index contributed by atoms with van der Waals surface area (Å²) in [7, 11) is 4.06. The second-order valence-corrected chi connectivity index (χ2v) is 8.75. The summed E-state index contributed by atoms with van der Waals surface area (Å²) in [5, 5.41) is 10.8. The number of unbranched alkanes of at least 4 members (excludes halogenated alkanes) is 13. The molecule has 0 bridgehead atoms. The van der Waals surface area contributed by atoms with Crippen molar-refractivity contribution in [2.24, 2.45) is 5.92 Å². The molecule has 2 nitrogen and oxygen atoms in total. The Bertz CT molecular complexity index is 304. The lowest BCUT2D eigenvalue weighted by atomic mass is 9.92. The van der Waals surface area contributed by atoms with Gasteiger partial charge in [0.05, 0.1) is 0 Å². The first-order chi connectivity index (χ1) is 12.1. The topological polar surface area (TPSA) is 23.5 Å². The Hall–Kier alpha value is -0.0800. The predicted molar refractivity (Wildman–Crippen MR) is 111 cm³/mol. The van der Waals surface area contributed by atoms with Gasteiger partial charge in [-0.25, -0.2) is 0 Å². The van der Waals surface area contributed by atoms with Crippen molar-refractivity contribution >= 4 is 0 Å². The van der Waals surface area contributed by atoms with E-state index in [1.54, 1.807) is 0 Å². The van der Waals surface area contributed by atoms with E-state index in [-0.39, 0.29) is 0 Å². The molecule has 0 aliphatic heterocycles. The van der Waals surface area contributed by atoms with E-state index in [1.807, 2.05) is 14.1 Å². The largest absolute Gasteiger partial charge is 0.375 e. The fourth-order valence-corrected chi connectivity index (χ4v) is 4.59. The lowest BCUT2D eigenvalue weighted by Gasteiger charge is -2.36. The van der Waals surface area contributed by atoms with Gasteiger partial charge in [-0.05, 0) is 39.8 Å². The van der Waals surface area contributed by atoms with E-state index in [4.69, 9.17) is 0 Å². The molecule has 0 spiro atoms. The molecule has 1 aliphatic rings. The number of aliphatic hydroxyl groups is 1. The molecule has 0 heterocycles. The number of rotatable bonds is 16. The van der Waals surface area contributed by atoms with Crippen molar-refractivity contribution in [2.45, 2.75) is 128 Å². The second kappa shape index (κ2) is 14.0. The third kappa shape index (κ3) is 9.43. The van der Waals surface area contributed by atoms with Crippen LogP contribution in [0.1, 0.15) is 122 Å². The minimum absolute atomic E-state index is 0.500. The van der Waals surface area contributed by atoms with E-state index in [0.29, 0.717) is 5.92 Å². The zero-order chi connectivity index (χ0) is 18.4. The molecule has 0 unspecified atom stereocenters. The zero-order valence-corrected chi connectivity index (χ0v) is 17.7. The normalized spacial score (nSPS) is 23.6. The van der Waals surface area contributed by atoms with Crippen molar-refractivity contribution in [3.8, 4) is 0 Å². The van der Waals surface area contributed by atoms with Gasteiger partial charge >= 0.3 is 0 Å². The number of hydrogen-bond donors (Lipinski definition) is 1. The molecule has 150 valence electrons. The van der Waals surface area contributed by atoms with Gasteiger partial charge in [-0.3, -0.25) is 4.90 Å². The molecule has 1 rings (SSSR count). The smallest absolute Gasteiger partial charge is 0.120 e. The quantitative estimate of drug-likeness (QED) is 0.241. The molecule has 25 heavy (non-hydrogen) atoms. The minimum atomic E-state index is -0.517. The van der Waals surface area contributed by atoms with Crippen LogP contribution in [0.25, 0.3) is 0 Å². The minimum Gasteiger partial charge on any atom is -0.375 e. The first-order valence-electron chi connectivity index (χ1n) is 11.5. The highest BCUT2D eigenvalue weighted by Crippen LogP contribution is 2.40. The van der Waals surface area contributed by atoms with Gasteiger partial charge in [-0.2, -0.15) is 0 Å². The van der Waals surface area contributed by atoms with Gasteiger partial charge in [-0.1, -0.05) is 96.8 Å². The van der Waals surface area contributed by atoms with E-state index in [1.165, 1.54) is 109 Å². The lowest BCUT2D eigenvalue weighted by Crippen LogP contribution is -2.47.